The van der Waals surface area contributed by atoms with Crippen LogP contribution in [0.15, 0.2) is 53.9 Å². The van der Waals surface area contributed by atoms with Crippen molar-refractivity contribution in [3.63, 3.8) is 0 Å². The van der Waals surface area contributed by atoms with Crippen LogP contribution in [0.5, 0.6) is 0 Å². The molecule has 0 N–H and O–H groups in total. The van der Waals surface area contributed by atoms with Gasteiger partial charge in [0, 0.05) is 37.2 Å². The third-order valence-corrected chi connectivity index (χ3v) is 5.68. The number of carbonyl (C=O) groups excluding carboxylic acids is 1. The highest BCUT2D eigenvalue weighted by Gasteiger charge is 2.29. The summed E-state index contributed by atoms with van der Waals surface area (Å²) in [5, 5.41) is 9.03. The fraction of sp³-hybridized carbons (Fsp3) is 0.263. The van der Waals surface area contributed by atoms with Gasteiger partial charge in [0.2, 0.25) is 5.91 Å². The lowest BCUT2D eigenvalue weighted by Crippen LogP contribution is -2.35. The van der Waals surface area contributed by atoms with Crippen molar-refractivity contribution in [1.82, 2.24) is 19.7 Å². The topological polar surface area (TPSA) is 63.9 Å². The number of para-hydroxylation sites is 1. The maximum atomic E-state index is 12.9. The second kappa shape index (κ2) is 6.92. The van der Waals surface area contributed by atoms with Crippen molar-refractivity contribution in [3.8, 4) is 11.4 Å². The molecule has 1 amide bonds. The Labute approximate surface area is 156 Å². The van der Waals surface area contributed by atoms with Gasteiger partial charge in [-0.05, 0) is 37.1 Å². The van der Waals surface area contributed by atoms with Crippen LogP contribution < -0.4 is 4.90 Å². The minimum absolute atomic E-state index is 0.105. The van der Waals surface area contributed by atoms with E-state index in [4.69, 9.17) is 0 Å². The van der Waals surface area contributed by atoms with E-state index in [-0.39, 0.29) is 11.2 Å². The smallest absolute Gasteiger partial charge is 0.240 e. The summed E-state index contributed by atoms with van der Waals surface area (Å²) in [6.07, 6.45) is 4.37. The summed E-state index contributed by atoms with van der Waals surface area (Å²) in [5.74, 6) is 0.870. The van der Waals surface area contributed by atoms with Crippen molar-refractivity contribution in [2.24, 2.45) is 7.05 Å². The predicted molar refractivity (Wildman–Crippen MR) is 102 cm³/mol. The Morgan fingerprint density at radius 3 is 2.73 bits per heavy atom. The molecule has 6 nitrogen and oxygen atoms in total. The SMILES string of the molecule is C[C@H](Sc1nnc(-c2ccncc2)n1C)C(=O)N1CCc2ccccc21. The minimum Gasteiger partial charge on any atom is -0.311 e. The number of carbonyl (C=O) groups is 1. The Morgan fingerprint density at radius 2 is 1.92 bits per heavy atom. The standard InChI is InChI=1S/C19H19N5OS/c1-13(18(25)24-12-9-14-5-3-4-6-16(14)24)26-19-22-21-17(23(19)2)15-7-10-20-11-8-15/h3-8,10-11,13H,9,12H2,1-2H3/t13-/m0/s1. The lowest BCUT2D eigenvalue weighted by atomic mass is 10.2. The molecule has 0 bridgehead atoms. The maximum Gasteiger partial charge on any atom is 0.240 e. The predicted octanol–water partition coefficient (Wildman–Crippen LogP) is 2.95. The molecule has 2 aromatic heterocycles. The van der Waals surface area contributed by atoms with Gasteiger partial charge in [-0.2, -0.15) is 0 Å². The average molecular weight is 365 g/mol. The highest BCUT2D eigenvalue weighted by Crippen LogP contribution is 2.31. The van der Waals surface area contributed by atoms with Crippen molar-refractivity contribution < 1.29 is 4.79 Å². The number of rotatable bonds is 4. The fourth-order valence-electron chi connectivity index (χ4n) is 3.17. The Bertz CT molecular complexity index is 940. The van der Waals surface area contributed by atoms with Crippen molar-refractivity contribution >= 4 is 23.4 Å². The molecule has 0 saturated carbocycles. The van der Waals surface area contributed by atoms with Crippen LogP contribution in [0.4, 0.5) is 5.69 Å². The van der Waals surface area contributed by atoms with Gasteiger partial charge in [0.1, 0.15) is 0 Å². The molecule has 3 heterocycles. The molecular weight excluding hydrogens is 346 g/mol. The molecule has 1 aliphatic heterocycles. The van der Waals surface area contributed by atoms with E-state index in [0.717, 1.165) is 35.2 Å². The van der Waals surface area contributed by atoms with Gasteiger partial charge in [-0.15, -0.1) is 10.2 Å². The second-order valence-corrected chi connectivity index (χ2v) is 7.54. The molecule has 1 atom stereocenters. The van der Waals surface area contributed by atoms with Crippen molar-refractivity contribution in [2.45, 2.75) is 23.8 Å². The number of anilines is 1. The zero-order valence-electron chi connectivity index (χ0n) is 14.7. The van der Waals surface area contributed by atoms with E-state index in [1.807, 2.05) is 53.8 Å². The minimum atomic E-state index is -0.241. The van der Waals surface area contributed by atoms with E-state index in [0.29, 0.717) is 0 Å². The van der Waals surface area contributed by atoms with E-state index >= 15 is 0 Å². The average Bonchev–Trinajstić information content (AvgIpc) is 3.26. The molecule has 1 aliphatic rings. The summed E-state index contributed by atoms with van der Waals surface area (Å²) in [6.45, 7) is 2.67. The molecule has 0 spiro atoms. The molecule has 7 heteroatoms. The number of nitrogens with zero attached hydrogens (tertiary/aromatic N) is 5. The van der Waals surface area contributed by atoms with Gasteiger partial charge in [0.05, 0.1) is 5.25 Å². The second-order valence-electron chi connectivity index (χ2n) is 6.23. The zero-order valence-corrected chi connectivity index (χ0v) is 15.5. The van der Waals surface area contributed by atoms with E-state index < -0.39 is 0 Å². The Morgan fingerprint density at radius 1 is 1.15 bits per heavy atom. The number of fused-ring (bicyclic) bond motifs is 1. The number of aromatic nitrogens is 4. The molecule has 3 aromatic rings. The first kappa shape index (κ1) is 16.8. The van der Waals surface area contributed by atoms with Gasteiger partial charge in [-0.25, -0.2) is 0 Å². The maximum absolute atomic E-state index is 12.9. The molecule has 26 heavy (non-hydrogen) atoms. The molecule has 0 radical (unpaired) electrons. The summed E-state index contributed by atoms with van der Waals surface area (Å²) in [5.41, 5.74) is 3.21. The quantitative estimate of drug-likeness (QED) is 0.665. The van der Waals surface area contributed by atoms with Crippen LogP contribution in [0.3, 0.4) is 0 Å². The zero-order chi connectivity index (χ0) is 18.1. The molecule has 4 rings (SSSR count). The lowest BCUT2D eigenvalue weighted by molar-refractivity contribution is -0.117. The van der Waals surface area contributed by atoms with Gasteiger partial charge in [0.25, 0.3) is 0 Å². The van der Waals surface area contributed by atoms with Gasteiger partial charge in [-0.3, -0.25) is 9.78 Å². The normalized spacial score (nSPS) is 14.3. The summed E-state index contributed by atoms with van der Waals surface area (Å²) < 4.78 is 1.92. The summed E-state index contributed by atoms with van der Waals surface area (Å²) in [4.78, 5) is 18.9. The van der Waals surface area contributed by atoms with Crippen LogP contribution in [-0.2, 0) is 18.3 Å². The summed E-state index contributed by atoms with van der Waals surface area (Å²) in [7, 11) is 1.92. The molecule has 0 saturated heterocycles. The summed E-state index contributed by atoms with van der Waals surface area (Å²) >= 11 is 1.44. The first-order valence-electron chi connectivity index (χ1n) is 8.51. The molecule has 0 aliphatic carbocycles. The Kier molecular flexibility index (Phi) is 4.46. The first-order valence-corrected chi connectivity index (χ1v) is 9.39. The van der Waals surface area contributed by atoms with Crippen molar-refractivity contribution in [2.75, 3.05) is 11.4 Å². The number of amides is 1. The lowest BCUT2D eigenvalue weighted by Gasteiger charge is -2.21. The summed E-state index contributed by atoms with van der Waals surface area (Å²) in [6, 6.07) is 11.9. The van der Waals surface area contributed by atoms with Gasteiger partial charge < -0.3 is 9.47 Å². The first-order chi connectivity index (χ1) is 12.6. The van der Waals surface area contributed by atoms with Gasteiger partial charge in [-0.1, -0.05) is 30.0 Å². The van der Waals surface area contributed by atoms with E-state index in [1.54, 1.807) is 12.4 Å². The largest absolute Gasteiger partial charge is 0.311 e. The van der Waals surface area contributed by atoms with E-state index in [9.17, 15) is 4.79 Å². The Hall–Kier alpha value is -2.67. The van der Waals surface area contributed by atoms with E-state index in [2.05, 4.69) is 21.2 Å². The molecular formula is C19H19N5OS. The number of hydrogen-bond donors (Lipinski definition) is 0. The van der Waals surface area contributed by atoms with Crippen LogP contribution in [-0.4, -0.2) is 37.5 Å². The van der Waals surface area contributed by atoms with Crippen molar-refractivity contribution in [1.29, 1.82) is 0 Å². The van der Waals surface area contributed by atoms with Crippen LogP contribution in [0.2, 0.25) is 0 Å². The molecule has 0 fully saturated rings. The van der Waals surface area contributed by atoms with Crippen LogP contribution in [0.1, 0.15) is 12.5 Å². The third kappa shape index (κ3) is 2.99. The number of pyridine rings is 1. The van der Waals surface area contributed by atoms with Crippen LogP contribution >= 0.6 is 11.8 Å². The monoisotopic (exact) mass is 365 g/mol. The van der Waals surface area contributed by atoms with Crippen molar-refractivity contribution in [3.05, 3.63) is 54.4 Å². The highest BCUT2D eigenvalue weighted by molar-refractivity contribution is 8.00. The number of benzene rings is 1. The fourth-order valence-corrected chi connectivity index (χ4v) is 4.04. The molecule has 1 aromatic carbocycles. The van der Waals surface area contributed by atoms with Gasteiger partial charge >= 0.3 is 0 Å². The molecule has 0 unspecified atom stereocenters. The molecule has 132 valence electrons. The van der Waals surface area contributed by atoms with E-state index in [1.165, 1.54) is 17.3 Å². The number of hydrogen-bond acceptors (Lipinski definition) is 5. The highest BCUT2D eigenvalue weighted by atomic mass is 32.2. The third-order valence-electron chi connectivity index (χ3n) is 4.56. The van der Waals surface area contributed by atoms with Crippen LogP contribution in [0, 0.1) is 0 Å². The van der Waals surface area contributed by atoms with Crippen LogP contribution in [0.25, 0.3) is 11.4 Å². The van der Waals surface area contributed by atoms with Gasteiger partial charge in [0.15, 0.2) is 11.0 Å². The Balaban J connectivity index is 1.52. The number of thioether (sulfide) groups is 1.